The summed E-state index contributed by atoms with van der Waals surface area (Å²) in [6.45, 7) is 3.08. The summed E-state index contributed by atoms with van der Waals surface area (Å²) in [7, 11) is -1.09. The zero-order valence-corrected chi connectivity index (χ0v) is 13.8. The summed E-state index contributed by atoms with van der Waals surface area (Å²) >= 11 is 0. The Morgan fingerprint density at radius 1 is 1.32 bits per heavy atom. The minimum atomic E-state index is -3.79. The van der Waals surface area contributed by atoms with Gasteiger partial charge in [-0.25, -0.2) is 12.7 Å². The first-order valence-electron chi connectivity index (χ1n) is 6.65. The maximum Gasteiger partial charge on any atom is 0.323 e. The largest absolute Gasteiger partial charge is 0.480 e. The molecule has 9 heteroatoms. The van der Waals surface area contributed by atoms with Gasteiger partial charge in [0.05, 0.1) is 5.56 Å². The molecule has 0 aliphatic carbocycles. The number of rotatable bonds is 7. The van der Waals surface area contributed by atoms with Gasteiger partial charge >= 0.3 is 5.97 Å². The molecule has 0 atom stereocenters. The van der Waals surface area contributed by atoms with Crippen LogP contribution in [-0.4, -0.2) is 61.8 Å². The van der Waals surface area contributed by atoms with Gasteiger partial charge in [0.25, 0.3) is 15.9 Å². The Bertz CT molecular complexity index is 662. The maximum atomic E-state index is 12.4. The smallest absolute Gasteiger partial charge is 0.323 e. The van der Waals surface area contributed by atoms with Crippen molar-refractivity contribution in [2.24, 2.45) is 0 Å². The molecule has 0 saturated carbocycles. The molecule has 22 heavy (non-hydrogen) atoms. The molecule has 0 bridgehead atoms. The molecule has 1 aromatic rings. The fraction of sp³-hybridized carbons (Fsp3) is 0.538. The monoisotopic (exact) mass is 332 g/mol. The molecule has 1 heterocycles. The van der Waals surface area contributed by atoms with Crippen molar-refractivity contribution in [1.29, 1.82) is 0 Å². The van der Waals surface area contributed by atoms with E-state index in [0.29, 0.717) is 6.42 Å². The molecule has 0 fully saturated rings. The van der Waals surface area contributed by atoms with E-state index in [1.54, 1.807) is 0 Å². The first-order chi connectivity index (χ1) is 10.1. The molecular weight excluding hydrogens is 312 g/mol. The second-order valence-electron chi connectivity index (χ2n) is 4.94. The number of carbonyl (C=O) groups is 2. The van der Waals surface area contributed by atoms with Gasteiger partial charge in [0.15, 0.2) is 0 Å². The van der Waals surface area contributed by atoms with Gasteiger partial charge in [-0.2, -0.15) is 0 Å². The molecule has 1 rings (SSSR count). The molecule has 0 radical (unpaired) electrons. The van der Waals surface area contributed by atoms with Gasteiger partial charge in [-0.05, 0) is 13.3 Å². The van der Waals surface area contributed by atoms with Crippen molar-refractivity contribution in [3.05, 3.63) is 17.4 Å². The molecule has 1 amide bonds. The number of carboxylic acids is 1. The number of aryl methyl sites for hydroxylation is 1. The van der Waals surface area contributed by atoms with Gasteiger partial charge in [-0.15, -0.1) is 0 Å². The van der Waals surface area contributed by atoms with E-state index in [2.05, 4.69) is 0 Å². The number of carbonyl (C=O) groups excluding carboxylic acids is 1. The second kappa shape index (κ2) is 6.93. The van der Waals surface area contributed by atoms with Gasteiger partial charge in [-0.1, -0.05) is 6.92 Å². The van der Waals surface area contributed by atoms with Crippen LogP contribution >= 0.6 is 0 Å². The van der Waals surface area contributed by atoms with Crippen LogP contribution in [-0.2, 0) is 14.8 Å². The summed E-state index contributed by atoms with van der Waals surface area (Å²) < 4.78 is 30.2. The lowest BCUT2D eigenvalue weighted by atomic mass is 10.2. The van der Waals surface area contributed by atoms with Crippen LogP contribution in [0.5, 0.6) is 0 Å². The highest BCUT2D eigenvalue weighted by molar-refractivity contribution is 7.88. The summed E-state index contributed by atoms with van der Waals surface area (Å²) in [6.07, 6.45) is 0.582. The number of amides is 1. The van der Waals surface area contributed by atoms with Crippen molar-refractivity contribution < 1.29 is 27.5 Å². The first-order valence-corrected chi connectivity index (χ1v) is 8.09. The third kappa shape index (κ3) is 3.86. The third-order valence-corrected chi connectivity index (χ3v) is 4.64. The Labute approximate surface area is 129 Å². The highest BCUT2D eigenvalue weighted by Gasteiger charge is 2.28. The Balaban J connectivity index is 3.18. The van der Waals surface area contributed by atoms with Crippen LogP contribution in [0.1, 0.15) is 29.5 Å². The fourth-order valence-electron chi connectivity index (χ4n) is 1.83. The molecular formula is C13H20N2O6S. The summed E-state index contributed by atoms with van der Waals surface area (Å²) in [5.74, 6) is -1.56. The zero-order chi connectivity index (χ0) is 17.1. The first kappa shape index (κ1) is 18.2. The van der Waals surface area contributed by atoms with Gasteiger partial charge < -0.3 is 14.4 Å². The predicted molar refractivity (Wildman–Crippen MR) is 78.1 cm³/mol. The molecule has 0 saturated heterocycles. The van der Waals surface area contributed by atoms with Crippen LogP contribution in [0, 0.1) is 6.92 Å². The number of hydrogen-bond donors (Lipinski definition) is 1. The Kier molecular flexibility index (Phi) is 5.72. The van der Waals surface area contributed by atoms with E-state index in [-0.39, 0.29) is 23.0 Å². The molecule has 0 aromatic carbocycles. The van der Waals surface area contributed by atoms with Crippen LogP contribution in [0.15, 0.2) is 15.6 Å². The van der Waals surface area contributed by atoms with E-state index in [1.807, 2.05) is 6.92 Å². The molecule has 0 spiro atoms. The second-order valence-corrected chi connectivity index (χ2v) is 7.03. The highest BCUT2D eigenvalue weighted by atomic mass is 32.2. The lowest BCUT2D eigenvalue weighted by Gasteiger charge is -2.19. The summed E-state index contributed by atoms with van der Waals surface area (Å²) in [6, 6.07) is 1.14. The number of furan rings is 1. The third-order valence-electron chi connectivity index (χ3n) is 2.97. The van der Waals surface area contributed by atoms with Gasteiger partial charge in [0, 0.05) is 26.7 Å². The number of nitrogens with zero attached hydrogens (tertiary/aromatic N) is 2. The standard InChI is InChI=1S/C13H20N2O6S/c1-5-6-15(8-11(16)17)13(18)10-7-12(21-9(10)2)22(19,20)14(3)4/h7H,5-6,8H2,1-4H3,(H,16,17). The van der Waals surface area contributed by atoms with E-state index in [0.717, 1.165) is 15.3 Å². The van der Waals surface area contributed by atoms with Gasteiger partial charge in [-0.3, -0.25) is 9.59 Å². The van der Waals surface area contributed by atoms with Crippen LogP contribution < -0.4 is 0 Å². The molecule has 1 aromatic heterocycles. The summed E-state index contributed by atoms with van der Waals surface area (Å²) in [5, 5.41) is 8.52. The number of hydrogen-bond acceptors (Lipinski definition) is 5. The van der Waals surface area contributed by atoms with Crippen molar-refractivity contribution >= 4 is 21.9 Å². The molecule has 1 N–H and O–H groups in total. The van der Waals surface area contributed by atoms with E-state index < -0.39 is 28.4 Å². The molecule has 0 aliphatic heterocycles. The fourth-order valence-corrected chi connectivity index (χ4v) is 2.69. The average Bonchev–Trinajstić information content (AvgIpc) is 2.79. The van der Waals surface area contributed by atoms with Gasteiger partial charge in [0.2, 0.25) is 5.09 Å². The van der Waals surface area contributed by atoms with E-state index >= 15 is 0 Å². The minimum absolute atomic E-state index is 0.0510. The van der Waals surface area contributed by atoms with Crippen molar-refractivity contribution in [3.8, 4) is 0 Å². The van der Waals surface area contributed by atoms with Crippen molar-refractivity contribution in [3.63, 3.8) is 0 Å². The van der Waals surface area contributed by atoms with Crippen LogP contribution in [0.2, 0.25) is 0 Å². The van der Waals surface area contributed by atoms with Crippen LogP contribution in [0.3, 0.4) is 0 Å². The zero-order valence-electron chi connectivity index (χ0n) is 13.0. The van der Waals surface area contributed by atoms with Crippen molar-refractivity contribution in [1.82, 2.24) is 9.21 Å². The lowest BCUT2D eigenvalue weighted by molar-refractivity contribution is -0.137. The van der Waals surface area contributed by atoms with E-state index in [9.17, 15) is 18.0 Å². The number of aliphatic carboxylic acids is 1. The topological polar surface area (TPSA) is 108 Å². The Hall–Kier alpha value is -1.87. The van der Waals surface area contributed by atoms with Crippen LogP contribution in [0.25, 0.3) is 0 Å². The van der Waals surface area contributed by atoms with E-state index in [1.165, 1.54) is 21.0 Å². The SMILES string of the molecule is CCCN(CC(=O)O)C(=O)c1cc(S(=O)(=O)N(C)C)oc1C. The van der Waals surface area contributed by atoms with Crippen molar-refractivity contribution in [2.45, 2.75) is 25.4 Å². The Morgan fingerprint density at radius 2 is 1.91 bits per heavy atom. The lowest BCUT2D eigenvalue weighted by Crippen LogP contribution is -2.36. The molecule has 8 nitrogen and oxygen atoms in total. The van der Waals surface area contributed by atoms with Crippen molar-refractivity contribution in [2.75, 3.05) is 27.2 Å². The average molecular weight is 332 g/mol. The quantitative estimate of drug-likeness (QED) is 0.790. The molecule has 0 aliphatic rings. The summed E-state index contributed by atoms with van der Waals surface area (Å²) in [5.41, 5.74) is 0.0510. The van der Waals surface area contributed by atoms with Crippen LogP contribution in [0.4, 0.5) is 0 Å². The molecule has 124 valence electrons. The Morgan fingerprint density at radius 3 is 2.36 bits per heavy atom. The normalized spacial score (nSPS) is 11.7. The highest BCUT2D eigenvalue weighted by Crippen LogP contribution is 2.22. The summed E-state index contributed by atoms with van der Waals surface area (Å²) in [4.78, 5) is 24.4. The van der Waals surface area contributed by atoms with E-state index in [4.69, 9.17) is 9.52 Å². The predicted octanol–water partition coefficient (Wildman–Crippen LogP) is 0.775. The minimum Gasteiger partial charge on any atom is -0.480 e. The number of carboxylic acid groups (broad SMARTS) is 1. The van der Waals surface area contributed by atoms with Gasteiger partial charge in [0.1, 0.15) is 12.3 Å². The molecule has 0 unspecified atom stereocenters. The maximum absolute atomic E-state index is 12.4. The number of sulfonamides is 1.